The summed E-state index contributed by atoms with van der Waals surface area (Å²) in [6.45, 7) is 3.10. The summed E-state index contributed by atoms with van der Waals surface area (Å²) in [5, 5.41) is -0.560. The molecular weight excluding hydrogens is 238 g/mol. The second-order valence-electron chi connectivity index (χ2n) is 4.08. The number of Topliss-reactive ketones (excluding diaryl/α,β-unsaturated/α-hetero) is 1. The molecule has 2 rings (SSSR count). The molecule has 1 aromatic carbocycles. The van der Waals surface area contributed by atoms with Gasteiger partial charge in [0, 0.05) is 12.6 Å². The molecule has 1 heterocycles. The zero-order valence-corrected chi connectivity index (χ0v) is 10.7. The van der Waals surface area contributed by atoms with E-state index in [1.807, 2.05) is 0 Å². The largest absolute Gasteiger partial charge is 0.313 e. The monoisotopic (exact) mass is 251 g/mol. The van der Waals surface area contributed by atoms with Crippen LogP contribution in [0.25, 0.3) is 0 Å². The van der Waals surface area contributed by atoms with Crippen molar-refractivity contribution in [2.45, 2.75) is 24.0 Å². The zero-order chi connectivity index (χ0) is 12.7. The van der Waals surface area contributed by atoms with Gasteiger partial charge in [0.15, 0.2) is 5.78 Å². The maximum absolute atomic E-state index is 12.1. The first-order chi connectivity index (χ1) is 7.93. The number of amides is 1. The Hall–Kier alpha value is -1.49. The van der Waals surface area contributed by atoms with Crippen LogP contribution in [-0.4, -0.2) is 28.2 Å². The van der Waals surface area contributed by atoms with Crippen LogP contribution in [0.15, 0.2) is 23.1 Å². The van der Waals surface area contributed by atoms with Crippen molar-refractivity contribution in [1.82, 2.24) is 0 Å². The summed E-state index contributed by atoms with van der Waals surface area (Å²) in [5.41, 5.74) is 1.14. The van der Waals surface area contributed by atoms with Gasteiger partial charge in [-0.05, 0) is 32.0 Å². The molecule has 1 aliphatic heterocycles. The van der Waals surface area contributed by atoms with Crippen molar-refractivity contribution in [2.75, 3.05) is 11.9 Å². The quantitative estimate of drug-likeness (QED) is 0.708. The van der Waals surface area contributed by atoms with E-state index in [2.05, 4.69) is 0 Å². The van der Waals surface area contributed by atoms with E-state index >= 15 is 0 Å². The van der Waals surface area contributed by atoms with Crippen LogP contribution in [0.2, 0.25) is 0 Å². The Morgan fingerprint density at radius 1 is 1.41 bits per heavy atom. The van der Waals surface area contributed by atoms with Gasteiger partial charge in [-0.1, -0.05) is 0 Å². The molecule has 0 bridgehead atoms. The lowest BCUT2D eigenvalue weighted by atomic mass is 10.1. The molecule has 1 amide bonds. The fourth-order valence-corrected chi connectivity index (χ4v) is 3.22. The Balaban J connectivity index is 2.62. The summed E-state index contributed by atoms with van der Waals surface area (Å²) in [6.07, 6.45) is 0. The van der Waals surface area contributed by atoms with E-state index in [1.54, 1.807) is 32.2 Å². The Labute approximate surface area is 102 Å². The van der Waals surface area contributed by atoms with Gasteiger partial charge in [-0.2, -0.15) is 0 Å². The zero-order valence-electron chi connectivity index (χ0n) is 9.89. The highest BCUT2D eigenvalue weighted by Gasteiger charge is 2.33. The molecule has 0 N–H and O–H groups in total. The third-order valence-corrected chi connectivity index (χ3v) is 4.55. The maximum atomic E-state index is 12.1. The third-order valence-electron chi connectivity index (χ3n) is 2.94. The van der Waals surface area contributed by atoms with Crippen molar-refractivity contribution in [3.8, 4) is 0 Å². The first-order valence-electron chi connectivity index (χ1n) is 5.26. The fourth-order valence-electron chi connectivity index (χ4n) is 1.84. The minimum Gasteiger partial charge on any atom is -0.313 e. The first-order valence-corrected chi connectivity index (χ1v) is 6.48. The molecule has 0 aliphatic carbocycles. The van der Waals surface area contributed by atoms with Crippen molar-refractivity contribution >= 4 is 28.2 Å². The first kappa shape index (κ1) is 12.0. The highest BCUT2D eigenvalue weighted by molar-refractivity contribution is 7.86. The number of fused-ring (bicyclic) bond motifs is 1. The molecule has 1 aliphatic rings. The van der Waals surface area contributed by atoms with Gasteiger partial charge in [-0.3, -0.25) is 13.8 Å². The highest BCUT2D eigenvalue weighted by Crippen LogP contribution is 2.31. The molecule has 2 atom stereocenters. The van der Waals surface area contributed by atoms with E-state index in [4.69, 9.17) is 0 Å². The number of hydrogen-bond donors (Lipinski definition) is 0. The van der Waals surface area contributed by atoms with Gasteiger partial charge in [0.05, 0.1) is 21.4 Å². The van der Waals surface area contributed by atoms with Crippen molar-refractivity contribution in [3.63, 3.8) is 0 Å². The molecule has 1 aromatic rings. The minimum absolute atomic E-state index is 0.0722. The molecule has 0 radical (unpaired) electrons. The van der Waals surface area contributed by atoms with E-state index < -0.39 is 16.0 Å². The van der Waals surface area contributed by atoms with Crippen molar-refractivity contribution in [3.05, 3.63) is 23.8 Å². The van der Waals surface area contributed by atoms with Gasteiger partial charge in [0.25, 0.3) is 0 Å². The van der Waals surface area contributed by atoms with Crippen LogP contribution in [0.4, 0.5) is 5.69 Å². The number of hydrogen-bond acceptors (Lipinski definition) is 3. The van der Waals surface area contributed by atoms with Crippen LogP contribution in [0.3, 0.4) is 0 Å². The molecule has 0 spiro atoms. The molecular formula is C12H13NO3S. The number of ketones is 1. The number of carbonyl (C=O) groups excluding carboxylic acids is 2. The number of benzene rings is 1. The van der Waals surface area contributed by atoms with Gasteiger partial charge in [-0.15, -0.1) is 0 Å². The van der Waals surface area contributed by atoms with Crippen LogP contribution < -0.4 is 4.90 Å². The molecule has 0 saturated carbocycles. The minimum atomic E-state index is -1.38. The van der Waals surface area contributed by atoms with Crippen LogP contribution in [-0.2, 0) is 15.6 Å². The van der Waals surface area contributed by atoms with E-state index in [0.717, 1.165) is 0 Å². The predicted octanol–water partition coefficient (Wildman–Crippen LogP) is 1.36. The predicted molar refractivity (Wildman–Crippen MR) is 65.7 cm³/mol. The normalized spacial score (nSPS) is 23.5. The number of nitrogens with zero attached hydrogens (tertiary/aromatic N) is 1. The van der Waals surface area contributed by atoms with Crippen LogP contribution in [0.5, 0.6) is 0 Å². The summed E-state index contributed by atoms with van der Waals surface area (Å²) >= 11 is 0. The van der Waals surface area contributed by atoms with E-state index in [0.29, 0.717) is 16.1 Å². The summed E-state index contributed by atoms with van der Waals surface area (Å²) in [5.74, 6) is -0.233. The molecule has 0 fully saturated rings. The lowest BCUT2D eigenvalue weighted by Gasteiger charge is -2.29. The standard InChI is InChI=1S/C12H13NO3S/c1-7(14)9-4-5-10-11(6-9)17(16)8(2)12(15)13(10)3/h4-6,8H,1-3H3. The highest BCUT2D eigenvalue weighted by atomic mass is 32.2. The molecule has 2 unspecified atom stereocenters. The molecule has 0 saturated heterocycles. The Bertz CT molecular complexity index is 539. The summed E-state index contributed by atoms with van der Waals surface area (Å²) in [6, 6.07) is 4.94. The van der Waals surface area contributed by atoms with E-state index in [1.165, 1.54) is 11.8 Å². The molecule has 4 nitrogen and oxygen atoms in total. The lowest BCUT2D eigenvalue weighted by molar-refractivity contribution is -0.117. The van der Waals surface area contributed by atoms with Crippen molar-refractivity contribution in [1.29, 1.82) is 0 Å². The molecule has 90 valence electrons. The fraction of sp³-hybridized carbons (Fsp3) is 0.333. The molecule has 0 aromatic heterocycles. The second kappa shape index (κ2) is 4.07. The van der Waals surface area contributed by atoms with Crippen molar-refractivity contribution in [2.24, 2.45) is 0 Å². The van der Waals surface area contributed by atoms with Gasteiger partial charge < -0.3 is 4.90 Å². The Morgan fingerprint density at radius 3 is 2.65 bits per heavy atom. The SMILES string of the molecule is CC(=O)c1ccc2c(c1)S(=O)C(C)C(=O)N2C. The van der Waals surface area contributed by atoms with Crippen LogP contribution >= 0.6 is 0 Å². The van der Waals surface area contributed by atoms with Gasteiger partial charge in [-0.25, -0.2) is 0 Å². The van der Waals surface area contributed by atoms with Gasteiger partial charge >= 0.3 is 0 Å². The molecule has 5 heteroatoms. The maximum Gasteiger partial charge on any atom is 0.242 e. The summed E-state index contributed by atoms with van der Waals surface area (Å²) in [4.78, 5) is 25.1. The van der Waals surface area contributed by atoms with Gasteiger partial charge in [0.2, 0.25) is 5.91 Å². The number of rotatable bonds is 1. The average molecular weight is 251 g/mol. The summed E-state index contributed by atoms with van der Waals surface area (Å²) < 4.78 is 12.1. The number of anilines is 1. The smallest absolute Gasteiger partial charge is 0.242 e. The topological polar surface area (TPSA) is 54.5 Å². The third kappa shape index (κ3) is 1.80. The van der Waals surface area contributed by atoms with Crippen molar-refractivity contribution < 1.29 is 13.8 Å². The van der Waals surface area contributed by atoms with Gasteiger partial charge in [0.1, 0.15) is 5.25 Å². The average Bonchev–Trinajstić information content (AvgIpc) is 2.32. The Morgan fingerprint density at radius 2 is 2.06 bits per heavy atom. The van der Waals surface area contributed by atoms with E-state index in [9.17, 15) is 13.8 Å². The Kier molecular flexibility index (Phi) is 2.87. The van der Waals surface area contributed by atoms with Crippen LogP contribution in [0, 0.1) is 0 Å². The summed E-state index contributed by atoms with van der Waals surface area (Å²) in [7, 11) is 0.273. The van der Waals surface area contributed by atoms with E-state index in [-0.39, 0.29) is 11.7 Å². The second-order valence-corrected chi connectivity index (χ2v) is 5.82. The number of carbonyl (C=O) groups is 2. The lowest BCUT2D eigenvalue weighted by Crippen LogP contribution is -2.41. The van der Waals surface area contributed by atoms with Crippen LogP contribution in [0.1, 0.15) is 24.2 Å². The molecule has 17 heavy (non-hydrogen) atoms.